The highest BCUT2D eigenvalue weighted by atomic mass is 16.2. The van der Waals surface area contributed by atoms with Crippen molar-refractivity contribution in [1.82, 2.24) is 10.2 Å². The van der Waals surface area contributed by atoms with Gasteiger partial charge in [-0.15, -0.1) is 0 Å². The molecule has 2 saturated carbocycles. The third-order valence-corrected chi connectivity index (χ3v) is 5.39. The zero-order chi connectivity index (χ0) is 15.4. The van der Waals surface area contributed by atoms with Gasteiger partial charge in [-0.05, 0) is 56.3 Å². The molecule has 4 heteroatoms. The van der Waals surface area contributed by atoms with Crippen LogP contribution in [0.15, 0.2) is 0 Å². The van der Waals surface area contributed by atoms with Crippen molar-refractivity contribution < 1.29 is 9.59 Å². The molecule has 0 bridgehead atoms. The van der Waals surface area contributed by atoms with Crippen molar-refractivity contribution in [3.63, 3.8) is 0 Å². The van der Waals surface area contributed by atoms with E-state index in [-0.39, 0.29) is 23.3 Å². The molecule has 118 valence electrons. The van der Waals surface area contributed by atoms with Crippen molar-refractivity contribution in [2.45, 2.75) is 71.4 Å². The lowest BCUT2D eigenvalue weighted by Gasteiger charge is -2.47. The molecule has 2 unspecified atom stereocenters. The SMILES string of the molecule is CC(C)(C)CCN1C(=O)C(C2CC2)NC(=O)C1(C)C1CC1. The minimum atomic E-state index is -0.617. The Kier molecular flexibility index (Phi) is 3.34. The number of carbonyl (C=O) groups is 2. The molecular weight excluding hydrogens is 264 g/mol. The van der Waals surface area contributed by atoms with Gasteiger partial charge in [-0.2, -0.15) is 0 Å². The highest BCUT2D eigenvalue weighted by Crippen LogP contribution is 2.47. The van der Waals surface area contributed by atoms with Crippen LogP contribution < -0.4 is 5.32 Å². The molecule has 1 saturated heterocycles. The summed E-state index contributed by atoms with van der Waals surface area (Å²) in [4.78, 5) is 27.6. The van der Waals surface area contributed by atoms with Crippen molar-refractivity contribution in [3.8, 4) is 0 Å². The molecule has 0 aromatic rings. The molecule has 2 atom stereocenters. The van der Waals surface area contributed by atoms with E-state index in [4.69, 9.17) is 0 Å². The second-order valence-corrected chi connectivity index (χ2v) is 8.51. The Morgan fingerprint density at radius 3 is 2.29 bits per heavy atom. The van der Waals surface area contributed by atoms with Crippen LogP contribution in [0.3, 0.4) is 0 Å². The summed E-state index contributed by atoms with van der Waals surface area (Å²) >= 11 is 0. The van der Waals surface area contributed by atoms with E-state index in [1.807, 2.05) is 11.8 Å². The Morgan fingerprint density at radius 1 is 1.19 bits per heavy atom. The molecule has 0 aromatic carbocycles. The molecule has 0 spiro atoms. The van der Waals surface area contributed by atoms with E-state index in [0.29, 0.717) is 18.4 Å². The normalized spacial score (nSPS) is 34.1. The largest absolute Gasteiger partial charge is 0.342 e. The average molecular weight is 292 g/mol. The number of nitrogens with zero attached hydrogens (tertiary/aromatic N) is 1. The van der Waals surface area contributed by atoms with Crippen molar-refractivity contribution in [2.75, 3.05) is 6.54 Å². The maximum atomic E-state index is 12.9. The first-order valence-corrected chi connectivity index (χ1v) is 8.36. The molecule has 21 heavy (non-hydrogen) atoms. The summed E-state index contributed by atoms with van der Waals surface area (Å²) in [5, 5.41) is 3.04. The number of hydrogen-bond acceptors (Lipinski definition) is 2. The van der Waals surface area contributed by atoms with Gasteiger partial charge >= 0.3 is 0 Å². The van der Waals surface area contributed by atoms with Gasteiger partial charge < -0.3 is 10.2 Å². The predicted octanol–water partition coefficient (Wildman–Crippen LogP) is 2.33. The molecule has 3 aliphatic rings. The second-order valence-electron chi connectivity index (χ2n) is 8.51. The summed E-state index contributed by atoms with van der Waals surface area (Å²) < 4.78 is 0. The molecule has 1 aliphatic heterocycles. The monoisotopic (exact) mass is 292 g/mol. The second kappa shape index (κ2) is 4.72. The summed E-state index contributed by atoms with van der Waals surface area (Å²) in [6.07, 6.45) is 5.22. The van der Waals surface area contributed by atoms with E-state index in [0.717, 1.165) is 32.1 Å². The number of piperazine rings is 1. The molecule has 2 aliphatic carbocycles. The maximum Gasteiger partial charge on any atom is 0.246 e. The van der Waals surface area contributed by atoms with E-state index in [1.54, 1.807) is 0 Å². The first kappa shape index (κ1) is 14.9. The lowest BCUT2D eigenvalue weighted by atomic mass is 9.85. The van der Waals surface area contributed by atoms with E-state index >= 15 is 0 Å². The molecule has 2 amide bonds. The molecular formula is C17H28N2O2. The number of amides is 2. The van der Waals surface area contributed by atoms with Gasteiger partial charge in [0.15, 0.2) is 0 Å². The number of rotatable bonds is 4. The minimum Gasteiger partial charge on any atom is -0.342 e. The summed E-state index contributed by atoms with van der Waals surface area (Å²) in [5.74, 6) is 0.968. The smallest absolute Gasteiger partial charge is 0.246 e. The Hall–Kier alpha value is -1.06. The molecule has 3 rings (SSSR count). The number of carbonyl (C=O) groups excluding carboxylic acids is 2. The van der Waals surface area contributed by atoms with Gasteiger partial charge in [-0.25, -0.2) is 0 Å². The van der Waals surface area contributed by atoms with Gasteiger partial charge in [0.2, 0.25) is 11.8 Å². The predicted molar refractivity (Wildman–Crippen MR) is 81.6 cm³/mol. The van der Waals surface area contributed by atoms with Crippen LogP contribution in [0.4, 0.5) is 0 Å². The van der Waals surface area contributed by atoms with Gasteiger partial charge in [0.05, 0.1) is 0 Å². The lowest BCUT2D eigenvalue weighted by molar-refractivity contribution is -0.159. The van der Waals surface area contributed by atoms with E-state index < -0.39 is 5.54 Å². The zero-order valence-corrected chi connectivity index (χ0v) is 13.7. The first-order chi connectivity index (χ1) is 9.73. The third-order valence-electron chi connectivity index (χ3n) is 5.39. The number of nitrogens with one attached hydrogen (secondary N) is 1. The highest BCUT2D eigenvalue weighted by molar-refractivity contribution is 6.00. The van der Waals surface area contributed by atoms with Crippen LogP contribution in [-0.2, 0) is 9.59 Å². The van der Waals surface area contributed by atoms with Gasteiger partial charge in [-0.3, -0.25) is 9.59 Å². The minimum absolute atomic E-state index is 0.0791. The molecule has 3 fully saturated rings. The van der Waals surface area contributed by atoms with Crippen LogP contribution in [0.1, 0.15) is 59.8 Å². The Bertz CT molecular complexity index is 460. The standard InChI is InChI=1S/C17H28N2O2/c1-16(2,3)9-10-19-14(20)13(11-5-6-11)18-15(21)17(19,4)12-7-8-12/h11-13H,5-10H2,1-4H3,(H,18,21). The van der Waals surface area contributed by atoms with Crippen LogP contribution >= 0.6 is 0 Å². The summed E-state index contributed by atoms with van der Waals surface area (Å²) in [6.45, 7) is 9.24. The van der Waals surface area contributed by atoms with Crippen LogP contribution in [0.5, 0.6) is 0 Å². The summed E-state index contributed by atoms with van der Waals surface area (Å²) in [5.41, 5.74) is -0.443. The highest BCUT2D eigenvalue weighted by Gasteiger charge is 2.58. The average Bonchev–Trinajstić information content (AvgIpc) is 3.25. The first-order valence-electron chi connectivity index (χ1n) is 8.36. The third kappa shape index (κ3) is 2.69. The fourth-order valence-electron chi connectivity index (χ4n) is 3.46. The van der Waals surface area contributed by atoms with Crippen molar-refractivity contribution in [2.24, 2.45) is 17.3 Å². The van der Waals surface area contributed by atoms with E-state index in [9.17, 15) is 9.59 Å². The summed E-state index contributed by atoms with van der Waals surface area (Å²) in [6, 6.07) is -0.260. The van der Waals surface area contributed by atoms with Gasteiger partial charge in [0.1, 0.15) is 11.6 Å². The van der Waals surface area contributed by atoms with Crippen molar-refractivity contribution in [3.05, 3.63) is 0 Å². The van der Waals surface area contributed by atoms with Gasteiger partial charge in [-0.1, -0.05) is 20.8 Å². The quantitative estimate of drug-likeness (QED) is 0.864. The number of hydrogen-bond donors (Lipinski definition) is 1. The van der Waals surface area contributed by atoms with E-state index in [1.165, 1.54) is 0 Å². The van der Waals surface area contributed by atoms with E-state index in [2.05, 4.69) is 26.1 Å². The van der Waals surface area contributed by atoms with Crippen LogP contribution in [0.25, 0.3) is 0 Å². The molecule has 1 N–H and O–H groups in total. The summed E-state index contributed by atoms with van der Waals surface area (Å²) in [7, 11) is 0. The topological polar surface area (TPSA) is 49.4 Å². The Morgan fingerprint density at radius 2 is 1.81 bits per heavy atom. The Balaban J connectivity index is 1.84. The van der Waals surface area contributed by atoms with Crippen LogP contribution in [-0.4, -0.2) is 34.8 Å². The molecule has 4 nitrogen and oxygen atoms in total. The maximum absolute atomic E-state index is 12.9. The van der Waals surface area contributed by atoms with Crippen LogP contribution in [0, 0.1) is 17.3 Å². The molecule has 0 aromatic heterocycles. The zero-order valence-electron chi connectivity index (χ0n) is 13.7. The van der Waals surface area contributed by atoms with Gasteiger partial charge in [0.25, 0.3) is 0 Å². The fourth-order valence-corrected chi connectivity index (χ4v) is 3.46. The van der Waals surface area contributed by atoms with Gasteiger partial charge in [0, 0.05) is 6.54 Å². The fraction of sp³-hybridized carbons (Fsp3) is 0.882. The molecule has 0 radical (unpaired) electrons. The van der Waals surface area contributed by atoms with Crippen molar-refractivity contribution in [1.29, 1.82) is 0 Å². The molecule has 1 heterocycles. The lowest BCUT2D eigenvalue weighted by Crippen LogP contribution is -2.71. The Labute approximate surface area is 127 Å². The van der Waals surface area contributed by atoms with Crippen molar-refractivity contribution >= 4 is 11.8 Å². The van der Waals surface area contributed by atoms with Crippen LogP contribution in [0.2, 0.25) is 0 Å².